The van der Waals surface area contributed by atoms with Crippen LogP contribution in [0.25, 0.3) is 5.65 Å². The van der Waals surface area contributed by atoms with Gasteiger partial charge in [-0.2, -0.15) is 4.37 Å². The molecule has 0 bridgehead atoms. The van der Waals surface area contributed by atoms with Crippen molar-refractivity contribution < 1.29 is 9.18 Å². The Hall–Kier alpha value is -2.63. The van der Waals surface area contributed by atoms with Crippen LogP contribution in [0.3, 0.4) is 0 Å². The highest BCUT2D eigenvalue weighted by atomic mass is 32.1. The van der Waals surface area contributed by atoms with Gasteiger partial charge in [-0.1, -0.05) is 0 Å². The molecule has 1 aliphatic heterocycles. The highest BCUT2D eigenvalue weighted by Crippen LogP contribution is 2.28. The third-order valence-electron chi connectivity index (χ3n) is 4.88. The SMILES string of the molecule is Cc1nsc(NC(=O)c2c(N)nn3cc(F)cnc23)c1CN1CCN(C)CC1. The first kappa shape index (κ1) is 18.7. The summed E-state index contributed by atoms with van der Waals surface area (Å²) in [7, 11) is 2.11. The molecule has 0 aliphatic carbocycles. The molecular weight excluding hydrogens is 383 g/mol. The average molecular weight is 404 g/mol. The Bertz CT molecular complexity index is 1020. The molecule has 1 saturated heterocycles. The summed E-state index contributed by atoms with van der Waals surface area (Å²) in [6.45, 7) is 6.62. The number of aryl methyl sites for hydroxylation is 1. The number of carbonyl (C=O) groups excluding carboxylic acids is 1. The maximum absolute atomic E-state index is 13.3. The number of anilines is 2. The van der Waals surface area contributed by atoms with Crippen molar-refractivity contribution in [2.45, 2.75) is 13.5 Å². The lowest BCUT2D eigenvalue weighted by atomic mass is 10.2. The van der Waals surface area contributed by atoms with Gasteiger partial charge in [0.25, 0.3) is 5.91 Å². The molecule has 3 N–H and O–H groups in total. The topological polar surface area (TPSA) is 105 Å². The first-order valence-corrected chi connectivity index (χ1v) is 9.66. The van der Waals surface area contributed by atoms with Gasteiger partial charge in [-0.3, -0.25) is 9.69 Å². The van der Waals surface area contributed by atoms with Crippen LogP contribution < -0.4 is 11.1 Å². The van der Waals surface area contributed by atoms with E-state index in [4.69, 9.17) is 5.73 Å². The molecule has 28 heavy (non-hydrogen) atoms. The zero-order valence-corrected chi connectivity index (χ0v) is 16.5. The fourth-order valence-electron chi connectivity index (χ4n) is 3.22. The average Bonchev–Trinajstić information content (AvgIpc) is 3.16. The Morgan fingerprint density at radius 2 is 2.11 bits per heavy atom. The molecule has 9 nitrogen and oxygen atoms in total. The first-order valence-electron chi connectivity index (χ1n) is 8.89. The molecule has 0 radical (unpaired) electrons. The standard InChI is InChI=1S/C17H21FN8OS/c1-10-12(9-25-5-3-24(2)4-6-25)17(28-23-10)21-16(27)13-14(19)22-26-8-11(18)7-20-15(13)26/h7-8H,3-6,9H2,1-2H3,(H2,19,22)(H,21,27). The molecule has 148 valence electrons. The zero-order chi connectivity index (χ0) is 19.8. The van der Waals surface area contributed by atoms with E-state index in [2.05, 4.69) is 36.6 Å². The van der Waals surface area contributed by atoms with E-state index < -0.39 is 11.7 Å². The van der Waals surface area contributed by atoms with Crippen LogP contribution >= 0.6 is 11.5 Å². The Morgan fingerprint density at radius 3 is 2.86 bits per heavy atom. The second kappa shape index (κ2) is 7.41. The summed E-state index contributed by atoms with van der Waals surface area (Å²) in [4.78, 5) is 21.5. The third kappa shape index (κ3) is 3.55. The van der Waals surface area contributed by atoms with E-state index in [1.54, 1.807) is 0 Å². The van der Waals surface area contributed by atoms with Crippen LogP contribution in [0.4, 0.5) is 15.2 Å². The summed E-state index contributed by atoms with van der Waals surface area (Å²) < 4.78 is 18.9. The molecule has 0 aromatic carbocycles. The van der Waals surface area contributed by atoms with Crippen LogP contribution in [0.2, 0.25) is 0 Å². The molecule has 4 rings (SSSR count). The number of hydrogen-bond donors (Lipinski definition) is 2. The van der Waals surface area contributed by atoms with Gasteiger partial charge in [0, 0.05) is 38.3 Å². The van der Waals surface area contributed by atoms with Gasteiger partial charge in [0.1, 0.15) is 10.6 Å². The van der Waals surface area contributed by atoms with Gasteiger partial charge in [-0.25, -0.2) is 13.9 Å². The second-order valence-corrected chi connectivity index (χ2v) is 7.68. The summed E-state index contributed by atoms with van der Waals surface area (Å²) in [6, 6.07) is 0. The molecule has 4 heterocycles. The zero-order valence-electron chi connectivity index (χ0n) is 15.6. The summed E-state index contributed by atoms with van der Waals surface area (Å²) in [5, 5.41) is 7.55. The van der Waals surface area contributed by atoms with Gasteiger partial charge in [0.2, 0.25) is 0 Å². The number of piperazine rings is 1. The normalized spacial score (nSPS) is 16.0. The quantitative estimate of drug-likeness (QED) is 0.674. The van der Waals surface area contributed by atoms with Gasteiger partial charge >= 0.3 is 0 Å². The van der Waals surface area contributed by atoms with Crippen molar-refractivity contribution in [2.75, 3.05) is 44.3 Å². The lowest BCUT2D eigenvalue weighted by Crippen LogP contribution is -2.44. The van der Waals surface area contributed by atoms with Crippen LogP contribution in [0.15, 0.2) is 12.4 Å². The summed E-state index contributed by atoms with van der Waals surface area (Å²) >= 11 is 1.24. The van der Waals surface area contributed by atoms with E-state index in [-0.39, 0.29) is 17.0 Å². The molecule has 0 atom stereocenters. The first-order chi connectivity index (χ1) is 13.4. The number of rotatable bonds is 4. The van der Waals surface area contributed by atoms with Crippen molar-refractivity contribution in [1.82, 2.24) is 28.8 Å². The Balaban J connectivity index is 1.57. The van der Waals surface area contributed by atoms with Crippen LogP contribution in [-0.2, 0) is 6.54 Å². The molecule has 0 spiro atoms. The maximum Gasteiger partial charge on any atom is 0.264 e. The minimum atomic E-state index is -0.561. The van der Waals surface area contributed by atoms with E-state index in [0.29, 0.717) is 5.00 Å². The van der Waals surface area contributed by atoms with Gasteiger partial charge in [0.15, 0.2) is 17.3 Å². The summed E-state index contributed by atoms with van der Waals surface area (Å²) in [5.74, 6) is -0.998. The molecule has 3 aromatic heterocycles. The van der Waals surface area contributed by atoms with Crippen molar-refractivity contribution >= 4 is 33.9 Å². The molecule has 11 heteroatoms. The van der Waals surface area contributed by atoms with Crippen LogP contribution in [0.5, 0.6) is 0 Å². The van der Waals surface area contributed by atoms with Crippen molar-refractivity contribution in [3.63, 3.8) is 0 Å². The molecule has 1 aliphatic rings. The molecule has 1 fully saturated rings. The molecule has 0 saturated carbocycles. The summed E-state index contributed by atoms with van der Waals surface area (Å²) in [5.41, 5.74) is 8.10. The molecule has 0 unspecified atom stereocenters. The number of likely N-dealkylation sites (N-methyl/N-ethyl adjacent to an activating group) is 1. The van der Waals surface area contributed by atoms with Gasteiger partial charge in [0.05, 0.1) is 18.1 Å². The number of fused-ring (bicyclic) bond motifs is 1. The van der Waals surface area contributed by atoms with E-state index in [0.717, 1.165) is 56.4 Å². The number of nitrogens with zero attached hydrogens (tertiary/aromatic N) is 6. The Kier molecular flexibility index (Phi) is 4.96. The fourth-order valence-corrected chi connectivity index (χ4v) is 4.01. The second-order valence-electron chi connectivity index (χ2n) is 6.91. The minimum Gasteiger partial charge on any atom is -0.381 e. The third-order valence-corrected chi connectivity index (χ3v) is 5.78. The Labute approximate surface area is 165 Å². The van der Waals surface area contributed by atoms with E-state index in [1.807, 2.05) is 6.92 Å². The predicted octanol–water partition coefficient (Wildman–Crippen LogP) is 1.22. The van der Waals surface area contributed by atoms with Gasteiger partial charge < -0.3 is 16.0 Å². The number of nitrogens with two attached hydrogens (primary N) is 1. The van der Waals surface area contributed by atoms with Crippen LogP contribution in [0.1, 0.15) is 21.6 Å². The smallest absolute Gasteiger partial charge is 0.264 e. The van der Waals surface area contributed by atoms with Crippen molar-refractivity contribution in [3.8, 4) is 0 Å². The van der Waals surface area contributed by atoms with E-state index in [1.165, 1.54) is 16.0 Å². The van der Waals surface area contributed by atoms with E-state index in [9.17, 15) is 9.18 Å². The maximum atomic E-state index is 13.3. The highest BCUT2D eigenvalue weighted by Gasteiger charge is 2.23. The predicted molar refractivity (Wildman–Crippen MR) is 105 cm³/mol. The number of aromatic nitrogens is 4. The monoisotopic (exact) mass is 404 g/mol. The summed E-state index contributed by atoms with van der Waals surface area (Å²) in [6.07, 6.45) is 2.16. The number of carbonyl (C=O) groups is 1. The lowest BCUT2D eigenvalue weighted by Gasteiger charge is -2.32. The number of hydrogen-bond acceptors (Lipinski definition) is 8. The van der Waals surface area contributed by atoms with Crippen molar-refractivity contribution in [1.29, 1.82) is 0 Å². The number of nitrogen functional groups attached to an aromatic ring is 1. The van der Waals surface area contributed by atoms with Crippen molar-refractivity contribution in [3.05, 3.63) is 35.0 Å². The minimum absolute atomic E-state index is 0.00236. The van der Waals surface area contributed by atoms with Crippen molar-refractivity contribution in [2.24, 2.45) is 0 Å². The number of halogens is 1. The number of amides is 1. The Morgan fingerprint density at radius 1 is 1.36 bits per heavy atom. The largest absolute Gasteiger partial charge is 0.381 e. The van der Waals surface area contributed by atoms with Crippen LogP contribution in [-0.4, -0.2) is 67.9 Å². The van der Waals surface area contributed by atoms with Gasteiger partial charge in [-0.05, 0) is 25.5 Å². The van der Waals surface area contributed by atoms with Crippen LogP contribution in [0, 0.1) is 12.7 Å². The number of nitrogens with one attached hydrogen (secondary N) is 1. The highest BCUT2D eigenvalue weighted by molar-refractivity contribution is 7.10. The molecule has 3 aromatic rings. The van der Waals surface area contributed by atoms with E-state index >= 15 is 0 Å². The fraction of sp³-hybridized carbons (Fsp3) is 0.412. The molecule has 1 amide bonds. The molecular formula is C17H21FN8OS. The lowest BCUT2D eigenvalue weighted by molar-refractivity contribution is 0.102. The van der Waals surface area contributed by atoms with Gasteiger partial charge in [-0.15, -0.1) is 5.10 Å².